The molecule has 10 aromatic rings. The summed E-state index contributed by atoms with van der Waals surface area (Å²) in [5.41, 5.74) is 10.4. The Morgan fingerprint density at radius 3 is 2.02 bits per heavy atom. The summed E-state index contributed by atoms with van der Waals surface area (Å²) in [6.45, 7) is 25.1. The maximum absolute atomic E-state index is 6.79. The van der Waals surface area contributed by atoms with E-state index in [-0.39, 0.29) is 37.3 Å². The van der Waals surface area contributed by atoms with Crippen LogP contribution < -0.4 is 14.5 Å². The Morgan fingerprint density at radius 1 is 0.585 bits per heavy atom. The zero-order valence-electron chi connectivity index (χ0n) is 38.5. The van der Waals surface area contributed by atoms with Gasteiger partial charge in [0, 0.05) is 74.7 Å². The molecule has 0 spiro atoms. The molecule has 65 heavy (non-hydrogen) atoms. The molecule has 0 fully saturated rings. The normalized spacial score (nSPS) is 13.4. The number of benzene rings is 6. The minimum atomic E-state index is -0.0905. The molecule has 5 heterocycles. The summed E-state index contributed by atoms with van der Waals surface area (Å²) in [6.07, 6.45) is 1.94. The van der Waals surface area contributed by atoms with E-state index in [1.165, 1.54) is 63.9 Å². The summed E-state index contributed by atoms with van der Waals surface area (Å²) in [5, 5.41) is 7.14. The molecule has 6 aromatic carbocycles. The van der Waals surface area contributed by atoms with Crippen LogP contribution in [0.2, 0.25) is 0 Å². The van der Waals surface area contributed by atoms with E-state index in [1.807, 2.05) is 41.0 Å². The zero-order valence-corrected chi connectivity index (χ0v) is 42.4. The third-order valence-electron chi connectivity index (χ3n) is 12.7. The average Bonchev–Trinajstić information content (AvgIpc) is 4.01. The fraction of sp³-hybridized carbons (Fsp3) is 0.228. The van der Waals surface area contributed by atoms with Gasteiger partial charge in [0.1, 0.15) is 5.82 Å². The largest absolute Gasteiger partial charge is 0.509 e. The first-order valence-corrected chi connectivity index (χ1v) is 23.7. The molecule has 0 saturated carbocycles. The standard InChI is InChI=1S/C57H51N4OS2.Pt/c1-34-28-36(56(5,6)7)29-44(57(8,9)10)51(34)60-33-59(54-53(60)43-19-12-14-21-47(43)64-54)37-16-15-17-38(31-37)62-39-22-23-40-41-24-25-48-50(42-18-11-13-20-46(42)63-48)52(41)61(45(40)32-39)49-30-35(26-27-58-49)55(2,3)4;/h11-30,33H,1-10H3;/q-3;. The molecule has 5 nitrogen and oxygen atoms in total. The maximum Gasteiger partial charge on any atom is 0.135 e. The van der Waals surface area contributed by atoms with Crippen molar-refractivity contribution in [2.75, 3.05) is 9.80 Å². The molecule has 11 rings (SSSR count). The van der Waals surface area contributed by atoms with Crippen LogP contribution in [0, 0.1) is 25.7 Å². The van der Waals surface area contributed by atoms with E-state index in [4.69, 9.17) is 9.72 Å². The van der Waals surface area contributed by atoms with Gasteiger partial charge in [0.15, 0.2) is 0 Å². The van der Waals surface area contributed by atoms with Crippen molar-refractivity contribution in [1.82, 2.24) is 9.55 Å². The first-order chi connectivity index (χ1) is 30.5. The van der Waals surface area contributed by atoms with Gasteiger partial charge in [-0.05, 0) is 81.1 Å². The number of ether oxygens (including phenoxy) is 1. The second kappa shape index (κ2) is 15.6. The van der Waals surface area contributed by atoms with E-state index in [1.54, 1.807) is 0 Å². The summed E-state index contributed by atoms with van der Waals surface area (Å²) in [6, 6.07) is 49.0. The van der Waals surface area contributed by atoms with Crippen LogP contribution in [0.1, 0.15) is 84.6 Å². The van der Waals surface area contributed by atoms with Gasteiger partial charge in [0.2, 0.25) is 0 Å². The van der Waals surface area contributed by atoms with Gasteiger partial charge in [-0.1, -0.05) is 122 Å². The Labute approximate surface area is 404 Å². The summed E-state index contributed by atoms with van der Waals surface area (Å²) in [4.78, 5) is 9.73. The van der Waals surface area contributed by atoms with Crippen molar-refractivity contribution in [3.05, 3.63) is 163 Å². The van der Waals surface area contributed by atoms with Gasteiger partial charge < -0.3 is 19.1 Å². The molecule has 0 amide bonds. The van der Waals surface area contributed by atoms with Crippen LogP contribution in [-0.4, -0.2) is 9.55 Å². The molecule has 1 aliphatic heterocycles. The molecule has 8 heteroatoms. The second-order valence-electron chi connectivity index (χ2n) is 20.3. The fourth-order valence-corrected chi connectivity index (χ4v) is 11.6. The number of fused-ring (bicyclic) bond motifs is 10. The number of pyridine rings is 1. The van der Waals surface area contributed by atoms with Crippen LogP contribution in [0.4, 0.5) is 22.1 Å². The molecule has 0 saturated heterocycles. The number of hydrogen-bond acceptors (Lipinski definition) is 6. The van der Waals surface area contributed by atoms with Crippen LogP contribution in [0.25, 0.3) is 57.9 Å². The quantitative estimate of drug-likeness (QED) is 0.161. The van der Waals surface area contributed by atoms with E-state index < -0.39 is 0 Å². The molecular weight excluding hydrogens is 1020 g/mol. The number of rotatable bonds is 5. The van der Waals surface area contributed by atoms with E-state index in [9.17, 15) is 0 Å². The Bertz CT molecular complexity index is 3500. The summed E-state index contributed by atoms with van der Waals surface area (Å²) < 4.78 is 12.9. The number of anilines is 4. The van der Waals surface area contributed by atoms with Crippen LogP contribution in [-0.2, 0) is 37.3 Å². The van der Waals surface area contributed by atoms with Crippen LogP contribution in [0.15, 0.2) is 121 Å². The van der Waals surface area contributed by atoms with Crippen molar-refractivity contribution in [1.29, 1.82) is 0 Å². The van der Waals surface area contributed by atoms with E-state index >= 15 is 0 Å². The Balaban J connectivity index is 0.00000498. The Morgan fingerprint density at radius 2 is 1.28 bits per heavy atom. The maximum atomic E-state index is 6.79. The second-order valence-corrected chi connectivity index (χ2v) is 22.4. The van der Waals surface area contributed by atoms with Crippen molar-refractivity contribution in [3.63, 3.8) is 0 Å². The van der Waals surface area contributed by atoms with Crippen molar-refractivity contribution < 1.29 is 25.8 Å². The molecule has 330 valence electrons. The molecule has 0 unspecified atom stereocenters. The minimum absolute atomic E-state index is 0. The minimum Gasteiger partial charge on any atom is -0.509 e. The molecule has 0 bridgehead atoms. The number of hydrogen-bond donors (Lipinski definition) is 0. The summed E-state index contributed by atoms with van der Waals surface area (Å²) in [7, 11) is 0. The molecule has 0 atom stereocenters. The molecule has 0 N–H and O–H groups in total. The third kappa shape index (κ3) is 7.26. The predicted molar refractivity (Wildman–Crippen MR) is 273 cm³/mol. The van der Waals surface area contributed by atoms with Crippen LogP contribution in [0.5, 0.6) is 11.5 Å². The summed E-state index contributed by atoms with van der Waals surface area (Å²) in [5.74, 6) is 2.09. The van der Waals surface area contributed by atoms with Crippen LogP contribution in [0.3, 0.4) is 0 Å². The van der Waals surface area contributed by atoms with Crippen molar-refractivity contribution in [2.24, 2.45) is 0 Å². The predicted octanol–water partition coefficient (Wildman–Crippen LogP) is 16.8. The average molecular weight is 1070 g/mol. The Hall–Kier alpha value is -5.46. The summed E-state index contributed by atoms with van der Waals surface area (Å²) >= 11 is 3.64. The van der Waals surface area contributed by atoms with Gasteiger partial charge in [-0.25, -0.2) is 4.98 Å². The Kier molecular flexibility index (Phi) is 10.4. The molecule has 1 aliphatic rings. The monoisotopic (exact) mass is 1070 g/mol. The topological polar surface area (TPSA) is 33.5 Å². The third-order valence-corrected chi connectivity index (χ3v) is 15.0. The zero-order chi connectivity index (χ0) is 44.4. The number of nitrogens with zero attached hydrogens (tertiary/aromatic N) is 4. The van der Waals surface area contributed by atoms with Gasteiger partial charge in [-0.2, -0.15) is 12.1 Å². The molecular formula is C57H51N4OPtS2-3. The fourth-order valence-electron chi connectivity index (χ4n) is 9.35. The van der Waals surface area contributed by atoms with Crippen molar-refractivity contribution in [2.45, 2.75) is 85.5 Å². The number of thiophene rings is 2. The van der Waals surface area contributed by atoms with E-state index in [0.29, 0.717) is 11.5 Å². The van der Waals surface area contributed by atoms with Crippen molar-refractivity contribution >= 4 is 96.8 Å². The van der Waals surface area contributed by atoms with E-state index in [0.717, 1.165) is 38.3 Å². The van der Waals surface area contributed by atoms with Crippen molar-refractivity contribution in [3.8, 4) is 17.3 Å². The molecule has 0 aliphatic carbocycles. The smallest absolute Gasteiger partial charge is 0.135 e. The van der Waals surface area contributed by atoms with Crippen LogP contribution >= 0.6 is 22.7 Å². The first kappa shape index (κ1) is 43.4. The molecule has 0 radical (unpaired) electrons. The van der Waals surface area contributed by atoms with E-state index in [2.05, 4.69) is 206 Å². The van der Waals surface area contributed by atoms with Gasteiger partial charge in [-0.15, -0.1) is 70.7 Å². The molecule has 4 aromatic heterocycles. The van der Waals surface area contributed by atoms with Gasteiger partial charge >= 0.3 is 0 Å². The van der Waals surface area contributed by atoms with Gasteiger partial charge in [0.25, 0.3) is 0 Å². The first-order valence-electron chi connectivity index (χ1n) is 22.1. The van der Waals surface area contributed by atoms with Gasteiger partial charge in [-0.3, -0.25) is 0 Å². The van der Waals surface area contributed by atoms with Gasteiger partial charge in [0.05, 0.1) is 16.2 Å². The number of aromatic nitrogens is 2. The SMILES string of the molecule is Cc1cc(C(C)(C)C)cc(C(C)(C)C)c1N1[CH-]N(c2[c-]c(Oc3[c-]c4c(cc3)c3ccc5sc6ccccc6c5c3n4-c3cc(C(C)(C)C)ccn3)ccc2)c2sc3ccccc3c21.[Pt]. The number of aryl methyl sites for hydroxylation is 1.